The molecule has 2 atom stereocenters. The van der Waals surface area contributed by atoms with Gasteiger partial charge < -0.3 is 4.74 Å². The van der Waals surface area contributed by atoms with Gasteiger partial charge >= 0.3 is 5.97 Å². The van der Waals surface area contributed by atoms with Crippen molar-refractivity contribution in [1.82, 2.24) is 5.32 Å². The number of methoxy groups -OCH3 is 1. The molecular formula is C13H18FNO2. The van der Waals surface area contributed by atoms with Gasteiger partial charge in [0.25, 0.3) is 0 Å². The zero-order valence-corrected chi connectivity index (χ0v) is 10.4. The first-order chi connectivity index (χ1) is 8.08. The van der Waals surface area contributed by atoms with Gasteiger partial charge in [-0.25, -0.2) is 4.39 Å². The summed E-state index contributed by atoms with van der Waals surface area (Å²) in [6, 6.07) is 5.87. The number of hydrogen-bond donors (Lipinski definition) is 1. The maximum absolute atomic E-state index is 13.1. The molecule has 0 aliphatic rings. The summed E-state index contributed by atoms with van der Waals surface area (Å²) in [4.78, 5) is 11.4. The van der Waals surface area contributed by atoms with Gasteiger partial charge in [-0.15, -0.1) is 0 Å². The number of nitrogens with one attached hydrogen (secondary N) is 1. The zero-order valence-electron chi connectivity index (χ0n) is 10.4. The lowest BCUT2D eigenvalue weighted by molar-refractivity contribution is -0.143. The van der Waals surface area contributed by atoms with Crippen molar-refractivity contribution in [2.75, 3.05) is 7.11 Å². The number of ether oxygens (including phenoxy) is 1. The smallest absolute Gasteiger partial charge is 0.322 e. The van der Waals surface area contributed by atoms with Crippen LogP contribution in [0, 0.1) is 5.82 Å². The molecule has 4 heteroatoms. The Morgan fingerprint density at radius 3 is 2.76 bits per heavy atom. The molecule has 1 aromatic rings. The topological polar surface area (TPSA) is 38.3 Å². The van der Waals surface area contributed by atoms with Crippen molar-refractivity contribution in [3.63, 3.8) is 0 Å². The van der Waals surface area contributed by atoms with Gasteiger partial charge in [0.2, 0.25) is 0 Å². The molecule has 0 heterocycles. The molecule has 0 saturated heterocycles. The molecular weight excluding hydrogens is 221 g/mol. The van der Waals surface area contributed by atoms with E-state index in [1.165, 1.54) is 19.2 Å². The summed E-state index contributed by atoms with van der Waals surface area (Å²) in [5.41, 5.74) is 0.812. The molecule has 0 amide bonds. The number of esters is 1. The SMILES string of the molecule is CCC(N[C@@H](C)c1cccc(F)c1)C(=O)OC. The van der Waals surface area contributed by atoms with Crippen LogP contribution in [0.3, 0.4) is 0 Å². The second-order valence-electron chi connectivity index (χ2n) is 3.93. The molecule has 1 unspecified atom stereocenters. The van der Waals surface area contributed by atoms with Gasteiger partial charge in [0.05, 0.1) is 7.11 Å². The highest BCUT2D eigenvalue weighted by Crippen LogP contribution is 2.15. The highest BCUT2D eigenvalue weighted by molar-refractivity contribution is 5.75. The largest absolute Gasteiger partial charge is 0.468 e. The van der Waals surface area contributed by atoms with E-state index < -0.39 is 0 Å². The van der Waals surface area contributed by atoms with E-state index in [9.17, 15) is 9.18 Å². The van der Waals surface area contributed by atoms with Gasteiger partial charge in [-0.05, 0) is 31.0 Å². The van der Waals surface area contributed by atoms with Gasteiger partial charge in [0.15, 0.2) is 0 Å². The quantitative estimate of drug-likeness (QED) is 0.802. The normalized spacial score (nSPS) is 14.1. The number of carbonyl (C=O) groups is 1. The zero-order chi connectivity index (χ0) is 12.8. The van der Waals surface area contributed by atoms with Crippen LogP contribution in [0.2, 0.25) is 0 Å². The van der Waals surface area contributed by atoms with Crippen molar-refractivity contribution < 1.29 is 13.9 Å². The summed E-state index contributed by atoms with van der Waals surface area (Å²) < 4.78 is 17.7. The molecule has 94 valence electrons. The molecule has 17 heavy (non-hydrogen) atoms. The Balaban J connectivity index is 2.70. The minimum absolute atomic E-state index is 0.102. The third-order valence-corrected chi connectivity index (χ3v) is 2.69. The first-order valence-electron chi connectivity index (χ1n) is 5.67. The van der Waals surface area contributed by atoms with Crippen LogP contribution in [0.25, 0.3) is 0 Å². The molecule has 0 aromatic heterocycles. The molecule has 1 N–H and O–H groups in total. The van der Waals surface area contributed by atoms with E-state index in [1.54, 1.807) is 6.07 Å². The van der Waals surface area contributed by atoms with E-state index in [0.29, 0.717) is 6.42 Å². The minimum Gasteiger partial charge on any atom is -0.468 e. The fourth-order valence-electron chi connectivity index (χ4n) is 1.67. The molecule has 0 spiro atoms. The Morgan fingerprint density at radius 1 is 1.53 bits per heavy atom. The van der Waals surface area contributed by atoms with Crippen molar-refractivity contribution in [2.24, 2.45) is 0 Å². The second kappa shape index (κ2) is 6.35. The Bertz CT molecular complexity index is 381. The Morgan fingerprint density at radius 2 is 2.24 bits per heavy atom. The van der Waals surface area contributed by atoms with E-state index in [4.69, 9.17) is 0 Å². The number of benzene rings is 1. The van der Waals surface area contributed by atoms with Crippen molar-refractivity contribution in [3.8, 4) is 0 Å². The van der Waals surface area contributed by atoms with Crippen LogP contribution in [-0.2, 0) is 9.53 Å². The minimum atomic E-state index is -0.363. The van der Waals surface area contributed by atoms with Gasteiger partial charge in [-0.2, -0.15) is 0 Å². The Labute approximate surface area is 101 Å². The number of halogens is 1. The molecule has 0 radical (unpaired) electrons. The molecule has 0 aliphatic carbocycles. The van der Waals surface area contributed by atoms with Crippen LogP contribution >= 0.6 is 0 Å². The maximum atomic E-state index is 13.1. The molecule has 1 aromatic carbocycles. The summed E-state index contributed by atoms with van der Waals surface area (Å²) in [5.74, 6) is -0.571. The molecule has 3 nitrogen and oxygen atoms in total. The fourth-order valence-corrected chi connectivity index (χ4v) is 1.67. The summed E-state index contributed by atoms with van der Waals surface area (Å²) >= 11 is 0. The molecule has 0 bridgehead atoms. The lowest BCUT2D eigenvalue weighted by Crippen LogP contribution is -2.38. The van der Waals surface area contributed by atoms with E-state index in [2.05, 4.69) is 10.1 Å². The summed E-state index contributed by atoms with van der Waals surface area (Å²) in [6.45, 7) is 3.78. The lowest BCUT2D eigenvalue weighted by Gasteiger charge is -2.20. The van der Waals surface area contributed by atoms with Crippen LogP contribution in [-0.4, -0.2) is 19.1 Å². The highest BCUT2D eigenvalue weighted by Gasteiger charge is 2.19. The number of rotatable bonds is 5. The molecule has 0 aliphatic heterocycles. The summed E-state index contributed by atoms with van der Waals surface area (Å²) in [5, 5.41) is 3.12. The first kappa shape index (κ1) is 13.6. The van der Waals surface area contributed by atoms with Crippen molar-refractivity contribution >= 4 is 5.97 Å². The Kier molecular flexibility index (Phi) is 5.10. The van der Waals surface area contributed by atoms with E-state index in [1.807, 2.05) is 19.9 Å². The first-order valence-corrected chi connectivity index (χ1v) is 5.67. The van der Waals surface area contributed by atoms with E-state index in [-0.39, 0.29) is 23.9 Å². The predicted molar refractivity (Wildman–Crippen MR) is 64.0 cm³/mol. The van der Waals surface area contributed by atoms with Crippen molar-refractivity contribution in [2.45, 2.75) is 32.4 Å². The van der Waals surface area contributed by atoms with Crippen LogP contribution in [0.1, 0.15) is 31.9 Å². The standard InChI is InChI=1S/C13H18FNO2/c1-4-12(13(16)17-3)15-9(2)10-6-5-7-11(14)8-10/h5-9,12,15H,4H2,1-3H3/t9-,12?/m0/s1. The summed E-state index contributed by atoms with van der Waals surface area (Å²) in [7, 11) is 1.36. The van der Waals surface area contributed by atoms with Gasteiger partial charge in [-0.1, -0.05) is 19.1 Å². The summed E-state index contributed by atoms with van der Waals surface area (Å²) in [6.07, 6.45) is 0.631. The van der Waals surface area contributed by atoms with Crippen LogP contribution in [0.4, 0.5) is 4.39 Å². The molecule has 0 saturated carbocycles. The van der Waals surface area contributed by atoms with Crippen LogP contribution < -0.4 is 5.32 Å². The van der Waals surface area contributed by atoms with Crippen molar-refractivity contribution in [1.29, 1.82) is 0 Å². The third kappa shape index (κ3) is 3.82. The van der Waals surface area contributed by atoms with Crippen LogP contribution in [0.15, 0.2) is 24.3 Å². The fraction of sp³-hybridized carbons (Fsp3) is 0.462. The monoisotopic (exact) mass is 239 g/mol. The van der Waals surface area contributed by atoms with Gasteiger partial charge in [0.1, 0.15) is 11.9 Å². The molecule has 0 fully saturated rings. The van der Waals surface area contributed by atoms with Gasteiger partial charge in [-0.3, -0.25) is 10.1 Å². The third-order valence-electron chi connectivity index (χ3n) is 2.69. The number of hydrogen-bond acceptors (Lipinski definition) is 3. The number of carbonyl (C=O) groups excluding carboxylic acids is 1. The van der Waals surface area contributed by atoms with Crippen LogP contribution in [0.5, 0.6) is 0 Å². The average molecular weight is 239 g/mol. The Hall–Kier alpha value is -1.42. The van der Waals surface area contributed by atoms with E-state index in [0.717, 1.165) is 5.56 Å². The maximum Gasteiger partial charge on any atom is 0.322 e. The predicted octanol–water partition coefficient (Wildman–Crippen LogP) is 2.43. The second-order valence-corrected chi connectivity index (χ2v) is 3.93. The van der Waals surface area contributed by atoms with Crippen molar-refractivity contribution in [3.05, 3.63) is 35.6 Å². The molecule has 1 rings (SSSR count). The van der Waals surface area contributed by atoms with Gasteiger partial charge in [0, 0.05) is 6.04 Å². The lowest BCUT2D eigenvalue weighted by atomic mass is 10.1. The average Bonchev–Trinajstić information content (AvgIpc) is 2.34. The highest BCUT2D eigenvalue weighted by atomic mass is 19.1. The van der Waals surface area contributed by atoms with E-state index >= 15 is 0 Å².